The molecule has 3 heteroatoms. The normalized spacial score (nSPS) is 10.0. The minimum absolute atomic E-state index is 0.0915. The molecule has 0 saturated heterocycles. The van der Waals surface area contributed by atoms with Gasteiger partial charge in [-0.25, -0.2) is 4.98 Å². The average molecular weight is 160 g/mol. The number of hydrogen-bond acceptors (Lipinski definition) is 2. The number of nitrogens with one attached hydrogen (secondary N) is 1. The number of rotatable bonds is 1. The summed E-state index contributed by atoms with van der Waals surface area (Å²) in [5.41, 5.74) is 0.970. The Labute approximate surface area is 69.7 Å². The van der Waals surface area contributed by atoms with Gasteiger partial charge in [-0.1, -0.05) is 30.3 Å². The van der Waals surface area contributed by atoms with Crippen LogP contribution in [0.2, 0.25) is 0 Å². The Morgan fingerprint density at radius 1 is 1.17 bits per heavy atom. The van der Waals surface area contributed by atoms with Crippen LogP contribution < -0.4 is 0 Å². The molecule has 0 aliphatic heterocycles. The van der Waals surface area contributed by atoms with E-state index in [1.54, 1.807) is 0 Å². The monoisotopic (exact) mass is 160 g/mol. The van der Waals surface area contributed by atoms with Crippen LogP contribution in [0.1, 0.15) is 0 Å². The lowest BCUT2D eigenvalue weighted by Gasteiger charge is -1.93. The van der Waals surface area contributed by atoms with Crippen molar-refractivity contribution in [2.24, 2.45) is 0 Å². The molecule has 2 rings (SSSR count). The van der Waals surface area contributed by atoms with Crippen LogP contribution >= 0.6 is 0 Å². The van der Waals surface area contributed by atoms with Gasteiger partial charge in [-0.3, -0.25) is 0 Å². The maximum atomic E-state index is 9.00. The molecule has 0 radical (unpaired) electrons. The molecule has 1 aromatic carbocycles. The number of aromatic amines is 1. The van der Waals surface area contributed by atoms with Gasteiger partial charge in [-0.05, 0) is 0 Å². The Kier molecular flexibility index (Phi) is 1.55. The van der Waals surface area contributed by atoms with Crippen LogP contribution in [0.5, 0.6) is 5.88 Å². The van der Waals surface area contributed by atoms with Crippen molar-refractivity contribution in [3.63, 3.8) is 0 Å². The Bertz CT molecular complexity index is 367. The third-order valence-electron chi connectivity index (χ3n) is 1.61. The molecule has 0 unspecified atom stereocenters. The number of H-pyrrole nitrogens is 1. The van der Waals surface area contributed by atoms with Gasteiger partial charge in [0.25, 0.3) is 0 Å². The first-order valence-corrected chi connectivity index (χ1v) is 3.65. The zero-order valence-electron chi connectivity index (χ0n) is 6.36. The summed E-state index contributed by atoms with van der Waals surface area (Å²) >= 11 is 0. The molecular weight excluding hydrogens is 152 g/mol. The lowest BCUT2D eigenvalue weighted by molar-refractivity contribution is 0.457. The van der Waals surface area contributed by atoms with Crippen molar-refractivity contribution >= 4 is 0 Å². The summed E-state index contributed by atoms with van der Waals surface area (Å²) < 4.78 is 0. The molecule has 0 aliphatic carbocycles. The Hall–Kier alpha value is -1.77. The quantitative estimate of drug-likeness (QED) is 0.668. The fraction of sp³-hybridized carbons (Fsp3) is 0. The minimum atomic E-state index is 0.0915. The van der Waals surface area contributed by atoms with Crippen LogP contribution in [0.25, 0.3) is 11.4 Å². The molecule has 1 heterocycles. The van der Waals surface area contributed by atoms with Crippen molar-refractivity contribution in [1.29, 1.82) is 0 Å². The standard InChI is InChI=1S/C9H8N2O/c12-8-6-10-9(11-8)7-4-2-1-3-5-7/h1-6,12H,(H,10,11). The smallest absolute Gasteiger partial charge is 0.208 e. The van der Waals surface area contributed by atoms with Crippen molar-refractivity contribution < 1.29 is 5.11 Å². The first-order chi connectivity index (χ1) is 5.86. The molecular formula is C9H8N2O. The molecule has 1 aromatic heterocycles. The lowest BCUT2D eigenvalue weighted by Crippen LogP contribution is -1.77. The highest BCUT2D eigenvalue weighted by molar-refractivity contribution is 5.55. The highest BCUT2D eigenvalue weighted by Gasteiger charge is 1.99. The molecule has 0 spiro atoms. The topological polar surface area (TPSA) is 48.9 Å². The van der Waals surface area contributed by atoms with Crippen LogP contribution in [0.4, 0.5) is 0 Å². The van der Waals surface area contributed by atoms with E-state index in [0.717, 1.165) is 5.56 Å². The molecule has 0 bridgehead atoms. The minimum Gasteiger partial charge on any atom is -0.493 e. The zero-order chi connectivity index (χ0) is 8.39. The first kappa shape index (κ1) is 6.91. The highest BCUT2D eigenvalue weighted by atomic mass is 16.3. The molecule has 12 heavy (non-hydrogen) atoms. The predicted molar refractivity (Wildman–Crippen MR) is 45.7 cm³/mol. The fourth-order valence-corrected chi connectivity index (χ4v) is 1.05. The zero-order valence-corrected chi connectivity index (χ0v) is 6.36. The van der Waals surface area contributed by atoms with Crippen LogP contribution in [0.15, 0.2) is 36.5 Å². The summed E-state index contributed by atoms with van der Waals surface area (Å²) in [6.07, 6.45) is 1.39. The van der Waals surface area contributed by atoms with Gasteiger partial charge in [-0.2, -0.15) is 0 Å². The Balaban J connectivity index is 2.45. The van der Waals surface area contributed by atoms with Gasteiger partial charge in [0.2, 0.25) is 5.88 Å². The molecule has 0 saturated carbocycles. The number of aromatic nitrogens is 2. The van der Waals surface area contributed by atoms with Crippen molar-refractivity contribution in [3.8, 4) is 17.3 Å². The second-order valence-corrected chi connectivity index (χ2v) is 2.48. The molecule has 0 amide bonds. The summed E-state index contributed by atoms with van der Waals surface area (Å²) in [5.74, 6) is 0.780. The van der Waals surface area contributed by atoms with Crippen molar-refractivity contribution in [2.45, 2.75) is 0 Å². The van der Waals surface area contributed by atoms with Crippen LogP contribution in [-0.4, -0.2) is 15.1 Å². The van der Waals surface area contributed by atoms with E-state index in [4.69, 9.17) is 5.11 Å². The van der Waals surface area contributed by atoms with E-state index in [1.165, 1.54) is 6.20 Å². The summed E-state index contributed by atoms with van der Waals surface area (Å²) in [6, 6.07) is 9.65. The van der Waals surface area contributed by atoms with E-state index in [-0.39, 0.29) is 5.88 Å². The molecule has 0 aliphatic rings. The van der Waals surface area contributed by atoms with Crippen molar-refractivity contribution in [2.75, 3.05) is 0 Å². The third kappa shape index (κ3) is 1.16. The fourth-order valence-electron chi connectivity index (χ4n) is 1.05. The second kappa shape index (κ2) is 2.70. The Morgan fingerprint density at radius 2 is 1.92 bits per heavy atom. The van der Waals surface area contributed by atoms with Crippen molar-refractivity contribution in [1.82, 2.24) is 9.97 Å². The van der Waals surface area contributed by atoms with Crippen LogP contribution in [-0.2, 0) is 0 Å². The SMILES string of the molecule is Oc1cnc(-c2ccccc2)[nH]1. The Morgan fingerprint density at radius 3 is 2.50 bits per heavy atom. The van der Waals surface area contributed by atoms with E-state index >= 15 is 0 Å². The highest BCUT2D eigenvalue weighted by Crippen LogP contribution is 2.16. The maximum Gasteiger partial charge on any atom is 0.208 e. The summed E-state index contributed by atoms with van der Waals surface area (Å²) in [7, 11) is 0. The van der Waals surface area contributed by atoms with Gasteiger partial charge >= 0.3 is 0 Å². The third-order valence-corrected chi connectivity index (χ3v) is 1.61. The molecule has 0 fully saturated rings. The lowest BCUT2D eigenvalue weighted by atomic mass is 10.2. The van der Waals surface area contributed by atoms with Gasteiger partial charge in [0, 0.05) is 5.56 Å². The maximum absolute atomic E-state index is 9.00. The van der Waals surface area contributed by atoms with Gasteiger partial charge in [0.1, 0.15) is 5.82 Å². The summed E-state index contributed by atoms with van der Waals surface area (Å²) in [5, 5.41) is 9.00. The van der Waals surface area contributed by atoms with E-state index < -0.39 is 0 Å². The van der Waals surface area contributed by atoms with E-state index in [1.807, 2.05) is 30.3 Å². The number of nitrogens with zero attached hydrogens (tertiary/aromatic N) is 1. The van der Waals surface area contributed by atoms with Gasteiger partial charge in [0.15, 0.2) is 0 Å². The van der Waals surface area contributed by atoms with Crippen LogP contribution in [0.3, 0.4) is 0 Å². The number of imidazole rings is 1. The molecule has 3 nitrogen and oxygen atoms in total. The van der Waals surface area contributed by atoms with Crippen LogP contribution in [0, 0.1) is 0 Å². The van der Waals surface area contributed by atoms with Gasteiger partial charge in [0.05, 0.1) is 6.20 Å². The average Bonchev–Trinajstić information content (AvgIpc) is 2.54. The summed E-state index contributed by atoms with van der Waals surface area (Å²) in [4.78, 5) is 6.72. The summed E-state index contributed by atoms with van der Waals surface area (Å²) in [6.45, 7) is 0. The predicted octanol–water partition coefficient (Wildman–Crippen LogP) is 1.78. The van der Waals surface area contributed by atoms with E-state index in [0.29, 0.717) is 5.82 Å². The number of benzene rings is 1. The van der Waals surface area contributed by atoms with E-state index in [9.17, 15) is 0 Å². The number of hydrogen-bond donors (Lipinski definition) is 2. The first-order valence-electron chi connectivity index (χ1n) is 3.65. The molecule has 2 aromatic rings. The van der Waals surface area contributed by atoms with Gasteiger partial charge in [-0.15, -0.1) is 0 Å². The molecule has 0 atom stereocenters. The largest absolute Gasteiger partial charge is 0.493 e. The molecule has 60 valence electrons. The van der Waals surface area contributed by atoms with E-state index in [2.05, 4.69) is 9.97 Å². The van der Waals surface area contributed by atoms with Crippen molar-refractivity contribution in [3.05, 3.63) is 36.5 Å². The number of aromatic hydroxyl groups is 1. The molecule has 2 N–H and O–H groups in total. The van der Waals surface area contributed by atoms with Gasteiger partial charge < -0.3 is 10.1 Å². The second-order valence-electron chi connectivity index (χ2n) is 2.48.